The highest BCUT2D eigenvalue weighted by molar-refractivity contribution is 6.68. The average Bonchev–Trinajstić information content (AvgIpc) is 3.17. The van der Waals surface area contributed by atoms with Crippen LogP contribution in [0.3, 0.4) is 0 Å². The largest absolute Gasteiger partial charge is 0.573 e. The Morgan fingerprint density at radius 1 is 1.21 bits per heavy atom. The molecule has 1 atom stereocenters. The van der Waals surface area contributed by atoms with E-state index in [2.05, 4.69) is 35.6 Å². The van der Waals surface area contributed by atoms with Gasteiger partial charge in [-0.25, -0.2) is 4.39 Å². The SMILES string of the molecule is CCC(=O)NC(Nc1nc(Nc2ccc(OC(F)(F)F)c(F)c2)c2cc[nH]c2n1)C(Cl)(Cl)Cl. The number of carbonyl (C=O) groups is 1. The molecule has 0 spiro atoms. The van der Waals surface area contributed by atoms with Crippen LogP contribution in [-0.4, -0.2) is 37.2 Å². The van der Waals surface area contributed by atoms with E-state index in [1.807, 2.05) is 0 Å². The van der Waals surface area contributed by atoms with Gasteiger partial charge < -0.3 is 25.7 Å². The van der Waals surface area contributed by atoms with Gasteiger partial charge in [-0.05, 0) is 18.2 Å². The first kappa shape index (κ1) is 24.9. The third-order valence-corrected chi connectivity index (χ3v) is 4.72. The van der Waals surface area contributed by atoms with Gasteiger partial charge >= 0.3 is 6.36 Å². The zero-order valence-electron chi connectivity index (χ0n) is 16.5. The molecule has 3 aromatic rings. The Kier molecular flexibility index (Phi) is 7.29. The molecule has 0 aliphatic carbocycles. The number of alkyl halides is 6. The van der Waals surface area contributed by atoms with Crippen LogP contribution in [0.25, 0.3) is 11.0 Å². The quantitative estimate of drug-likeness (QED) is 0.186. The number of amides is 1. The van der Waals surface area contributed by atoms with Crippen molar-refractivity contribution in [2.24, 2.45) is 0 Å². The van der Waals surface area contributed by atoms with Crippen LogP contribution < -0.4 is 20.7 Å². The van der Waals surface area contributed by atoms with E-state index in [0.29, 0.717) is 11.0 Å². The number of hydrogen-bond donors (Lipinski definition) is 4. The molecule has 0 radical (unpaired) electrons. The summed E-state index contributed by atoms with van der Waals surface area (Å²) in [5.41, 5.74) is 0.406. The summed E-state index contributed by atoms with van der Waals surface area (Å²) in [7, 11) is 0. The number of nitrogens with zero attached hydrogens (tertiary/aromatic N) is 2. The topological polar surface area (TPSA) is 104 Å². The molecule has 3 rings (SSSR count). The monoisotopic (exact) mass is 528 g/mol. The molecule has 2 heterocycles. The van der Waals surface area contributed by atoms with Gasteiger partial charge in [-0.3, -0.25) is 4.79 Å². The van der Waals surface area contributed by atoms with Gasteiger partial charge in [0.05, 0.1) is 5.39 Å². The van der Waals surface area contributed by atoms with E-state index in [0.717, 1.165) is 12.1 Å². The third kappa shape index (κ3) is 6.65. The number of nitrogens with one attached hydrogen (secondary N) is 4. The molecule has 15 heteroatoms. The van der Waals surface area contributed by atoms with E-state index in [1.54, 1.807) is 19.2 Å². The molecule has 1 amide bonds. The number of anilines is 3. The first-order chi connectivity index (χ1) is 15.4. The Hall–Kier alpha value is -2.70. The highest BCUT2D eigenvalue weighted by Crippen LogP contribution is 2.33. The van der Waals surface area contributed by atoms with Gasteiger partial charge in [0.25, 0.3) is 0 Å². The standard InChI is InChI=1S/C18H15Cl3F4N6O2/c1-2-12(32)28-15(17(19,20)21)31-16-29-13-9(5-6-26-13)14(30-16)27-8-3-4-11(10(22)7-8)33-18(23,24)25/h3-7,15H,2H2,1H3,(H,28,32)(H3,26,27,29,30,31). The first-order valence-electron chi connectivity index (χ1n) is 9.16. The van der Waals surface area contributed by atoms with Crippen molar-refractivity contribution in [1.29, 1.82) is 0 Å². The molecule has 2 aromatic heterocycles. The molecule has 178 valence electrons. The van der Waals surface area contributed by atoms with Crippen LogP contribution in [0.5, 0.6) is 5.75 Å². The molecule has 0 bridgehead atoms. The van der Waals surface area contributed by atoms with Crippen LogP contribution in [0.2, 0.25) is 0 Å². The summed E-state index contributed by atoms with van der Waals surface area (Å²) in [5, 5.41) is 8.46. The predicted molar refractivity (Wildman–Crippen MR) is 116 cm³/mol. The van der Waals surface area contributed by atoms with Gasteiger partial charge in [0, 0.05) is 24.4 Å². The number of aromatic amines is 1. The minimum Gasteiger partial charge on any atom is -0.403 e. The van der Waals surface area contributed by atoms with Gasteiger partial charge in [0.1, 0.15) is 17.6 Å². The van der Waals surface area contributed by atoms with Crippen LogP contribution in [0.4, 0.5) is 35.0 Å². The summed E-state index contributed by atoms with van der Waals surface area (Å²) < 4.78 is 52.8. The highest BCUT2D eigenvalue weighted by atomic mass is 35.6. The number of rotatable bonds is 7. The van der Waals surface area contributed by atoms with E-state index in [4.69, 9.17) is 34.8 Å². The maximum absolute atomic E-state index is 14.1. The van der Waals surface area contributed by atoms with Crippen LogP contribution in [0.1, 0.15) is 13.3 Å². The maximum atomic E-state index is 14.1. The molecule has 33 heavy (non-hydrogen) atoms. The summed E-state index contributed by atoms with van der Waals surface area (Å²) in [5.74, 6) is -2.55. The number of benzene rings is 1. The zero-order chi connectivity index (χ0) is 24.4. The number of aromatic nitrogens is 3. The van der Waals surface area contributed by atoms with Crippen LogP contribution in [-0.2, 0) is 4.79 Å². The molecule has 0 aliphatic rings. The van der Waals surface area contributed by atoms with Crippen LogP contribution in [0, 0.1) is 5.82 Å². The van der Waals surface area contributed by atoms with Gasteiger partial charge in [0.2, 0.25) is 15.6 Å². The summed E-state index contributed by atoms with van der Waals surface area (Å²) >= 11 is 17.8. The number of ether oxygens (including phenoxy) is 1. The van der Waals surface area contributed by atoms with E-state index in [-0.39, 0.29) is 23.9 Å². The fraction of sp³-hybridized carbons (Fsp3) is 0.278. The Morgan fingerprint density at radius 2 is 1.94 bits per heavy atom. The van der Waals surface area contributed by atoms with Crippen molar-refractivity contribution in [3.8, 4) is 5.75 Å². The van der Waals surface area contributed by atoms with Gasteiger partial charge in [-0.15, -0.1) is 13.2 Å². The summed E-state index contributed by atoms with van der Waals surface area (Å²) in [6, 6.07) is 4.41. The molecular weight excluding hydrogens is 515 g/mol. The van der Waals surface area contributed by atoms with Crippen molar-refractivity contribution in [3.63, 3.8) is 0 Å². The van der Waals surface area contributed by atoms with Gasteiger partial charge in [0.15, 0.2) is 11.6 Å². The van der Waals surface area contributed by atoms with E-state index < -0.39 is 33.8 Å². The van der Waals surface area contributed by atoms with Crippen molar-refractivity contribution in [1.82, 2.24) is 20.3 Å². The summed E-state index contributed by atoms with van der Waals surface area (Å²) in [6.45, 7) is 1.61. The lowest BCUT2D eigenvalue weighted by atomic mass is 10.2. The second-order valence-electron chi connectivity index (χ2n) is 6.49. The molecule has 1 aromatic carbocycles. The highest BCUT2D eigenvalue weighted by Gasteiger charge is 2.35. The van der Waals surface area contributed by atoms with E-state index >= 15 is 0 Å². The fourth-order valence-electron chi connectivity index (χ4n) is 2.62. The maximum Gasteiger partial charge on any atom is 0.573 e. The zero-order valence-corrected chi connectivity index (χ0v) is 18.8. The van der Waals surface area contributed by atoms with Gasteiger partial charge in [-0.1, -0.05) is 41.7 Å². The minimum atomic E-state index is -5.04. The number of H-pyrrole nitrogens is 1. The van der Waals surface area contributed by atoms with E-state index in [9.17, 15) is 22.4 Å². The molecular formula is C18H15Cl3F4N6O2. The second-order valence-corrected chi connectivity index (χ2v) is 8.86. The van der Waals surface area contributed by atoms with Crippen LogP contribution in [0.15, 0.2) is 30.5 Å². The van der Waals surface area contributed by atoms with Crippen molar-refractivity contribution in [3.05, 3.63) is 36.3 Å². The molecule has 8 nitrogen and oxygen atoms in total. The normalized spacial score (nSPS) is 13.0. The minimum absolute atomic E-state index is 0.0716. The lowest BCUT2D eigenvalue weighted by molar-refractivity contribution is -0.275. The van der Waals surface area contributed by atoms with Crippen molar-refractivity contribution in [2.75, 3.05) is 10.6 Å². The molecule has 0 fully saturated rings. The number of halogens is 7. The molecule has 0 aliphatic heterocycles. The Labute approximate surface area is 199 Å². The Balaban J connectivity index is 1.90. The van der Waals surface area contributed by atoms with Crippen LogP contribution >= 0.6 is 34.8 Å². The third-order valence-electron chi connectivity index (χ3n) is 4.06. The molecule has 4 N–H and O–H groups in total. The average molecular weight is 530 g/mol. The van der Waals surface area contributed by atoms with Crippen molar-refractivity contribution in [2.45, 2.75) is 29.7 Å². The molecule has 0 saturated carbocycles. The summed E-state index contributed by atoms with van der Waals surface area (Å²) in [4.78, 5) is 23.1. The predicted octanol–water partition coefficient (Wildman–Crippen LogP) is 5.37. The number of hydrogen-bond acceptors (Lipinski definition) is 6. The Bertz CT molecular complexity index is 1150. The fourth-order valence-corrected chi connectivity index (χ4v) is 2.94. The Morgan fingerprint density at radius 3 is 2.55 bits per heavy atom. The van der Waals surface area contributed by atoms with Crippen molar-refractivity contribution >= 4 is 69.2 Å². The molecule has 1 unspecified atom stereocenters. The van der Waals surface area contributed by atoms with Gasteiger partial charge in [-0.2, -0.15) is 9.97 Å². The van der Waals surface area contributed by atoms with Crippen molar-refractivity contribution < 1.29 is 27.1 Å². The number of carbonyl (C=O) groups excluding carboxylic acids is 1. The number of fused-ring (bicyclic) bond motifs is 1. The molecule has 0 saturated heterocycles. The summed E-state index contributed by atoms with van der Waals surface area (Å²) in [6.07, 6.45) is -4.55. The lowest BCUT2D eigenvalue weighted by Gasteiger charge is -2.26. The lowest BCUT2D eigenvalue weighted by Crippen LogP contribution is -2.49. The second kappa shape index (κ2) is 9.65. The first-order valence-corrected chi connectivity index (χ1v) is 10.3. The van der Waals surface area contributed by atoms with E-state index in [1.165, 1.54) is 6.07 Å². The smallest absolute Gasteiger partial charge is 0.403 e.